The van der Waals surface area contributed by atoms with Gasteiger partial charge in [-0.15, -0.1) is 0 Å². The lowest BCUT2D eigenvalue weighted by molar-refractivity contribution is -0.159. The number of oxazole rings is 1. The second-order valence-electron chi connectivity index (χ2n) is 7.05. The lowest BCUT2D eigenvalue weighted by atomic mass is 9.97. The average Bonchev–Trinajstić information content (AvgIpc) is 3.10. The number of ether oxygens (including phenoxy) is 2. The first-order valence-corrected chi connectivity index (χ1v) is 9.77. The molecule has 3 aromatic rings. The van der Waals surface area contributed by atoms with Crippen molar-refractivity contribution in [3.05, 3.63) is 64.6 Å². The van der Waals surface area contributed by atoms with Crippen molar-refractivity contribution in [2.75, 3.05) is 13.7 Å². The summed E-state index contributed by atoms with van der Waals surface area (Å²) >= 11 is 5.92. The Morgan fingerprint density at radius 1 is 1.23 bits per heavy atom. The smallest absolute Gasteiger partial charge is 0.336 e. The van der Waals surface area contributed by atoms with E-state index in [1.54, 1.807) is 30.5 Å². The van der Waals surface area contributed by atoms with Crippen molar-refractivity contribution in [1.29, 1.82) is 0 Å². The van der Waals surface area contributed by atoms with E-state index >= 15 is 0 Å². The fraction of sp³-hybridized carbons (Fsp3) is 0.318. The Labute approximate surface area is 179 Å². The molecule has 0 spiro atoms. The molecule has 0 saturated carbocycles. The molecule has 30 heavy (non-hydrogen) atoms. The van der Waals surface area contributed by atoms with Gasteiger partial charge in [-0.2, -0.15) is 0 Å². The van der Waals surface area contributed by atoms with Crippen molar-refractivity contribution < 1.29 is 23.8 Å². The number of aryl methyl sites for hydroxylation is 1. The molecule has 158 valence electrons. The minimum Gasteiger partial charge on any atom is -0.479 e. The Morgan fingerprint density at radius 3 is 2.57 bits per heavy atom. The summed E-state index contributed by atoms with van der Waals surface area (Å²) in [5.74, 6) is 0.708. The van der Waals surface area contributed by atoms with Crippen LogP contribution in [-0.2, 0) is 22.4 Å². The Hall–Kier alpha value is -2.90. The number of methoxy groups -OCH3 is 1. The highest BCUT2D eigenvalue weighted by atomic mass is 35.5. The number of benzene rings is 1. The highest BCUT2D eigenvalue weighted by molar-refractivity contribution is 6.30. The molecule has 1 unspecified atom stereocenters. The second kappa shape index (κ2) is 9.28. The molecule has 2 heterocycles. The number of pyridine rings is 1. The van der Waals surface area contributed by atoms with E-state index in [0.717, 1.165) is 22.6 Å². The lowest BCUT2D eigenvalue weighted by Gasteiger charge is -2.22. The number of aliphatic carboxylic acids is 1. The maximum atomic E-state index is 11.3. The van der Waals surface area contributed by atoms with Gasteiger partial charge in [-0.1, -0.05) is 17.7 Å². The van der Waals surface area contributed by atoms with Gasteiger partial charge >= 0.3 is 5.97 Å². The van der Waals surface area contributed by atoms with Crippen LogP contribution < -0.4 is 4.74 Å². The number of carboxylic acid groups (broad SMARTS) is 1. The summed E-state index contributed by atoms with van der Waals surface area (Å²) in [6.45, 7) is 3.77. The van der Waals surface area contributed by atoms with E-state index in [9.17, 15) is 9.90 Å². The summed E-state index contributed by atoms with van der Waals surface area (Å²) in [5.41, 5.74) is 1.12. The molecule has 1 atom stereocenters. The number of halogens is 1. The first kappa shape index (κ1) is 21.8. The summed E-state index contributed by atoms with van der Waals surface area (Å²) in [7, 11) is 1.38. The fourth-order valence-electron chi connectivity index (χ4n) is 2.85. The molecule has 0 aliphatic heterocycles. The molecule has 0 fully saturated rings. The van der Waals surface area contributed by atoms with Crippen LogP contribution in [0.5, 0.6) is 5.88 Å². The van der Waals surface area contributed by atoms with Crippen LogP contribution in [0.3, 0.4) is 0 Å². The topological polar surface area (TPSA) is 94.7 Å². The van der Waals surface area contributed by atoms with Crippen LogP contribution >= 0.6 is 11.6 Å². The average molecular weight is 431 g/mol. The van der Waals surface area contributed by atoms with E-state index in [0.29, 0.717) is 29.8 Å². The summed E-state index contributed by atoms with van der Waals surface area (Å²) < 4.78 is 16.6. The Morgan fingerprint density at radius 2 is 1.97 bits per heavy atom. The number of hydrogen-bond donors (Lipinski definition) is 1. The number of rotatable bonds is 9. The Bertz CT molecular complexity index is 1000. The molecular formula is C22H23ClN2O5. The number of hydrogen-bond acceptors (Lipinski definition) is 6. The highest BCUT2D eigenvalue weighted by Crippen LogP contribution is 2.24. The van der Waals surface area contributed by atoms with Crippen LogP contribution in [-0.4, -0.2) is 40.4 Å². The lowest BCUT2D eigenvalue weighted by Crippen LogP contribution is -2.39. The molecule has 0 radical (unpaired) electrons. The fourth-order valence-corrected chi connectivity index (χ4v) is 2.98. The van der Waals surface area contributed by atoms with Gasteiger partial charge < -0.3 is 19.0 Å². The molecule has 1 N–H and O–H groups in total. The first-order valence-electron chi connectivity index (χ1n) is 9.39. The van der Waals surface area contributed by atoms with Crippen LogP contribution in [0.15, 0.2) is 47.0 Å². The van der Waals surface area contributed by atoms with Crippen molar-refractivity contribution in [2.45, 2.75) is 32.3 Å². The van der Waals surface area contributed by atoms with Gasteiger partial charge in [0.2, 0.25) is 11.8 Å². The summed E-state index contributed by atoms with van der Waals surface area (Å²) in [6, 6.07) is 10.8. The summed E-state index contributed by atoms with van der Waals surface area (Å²) in [4.78, 5) is 20.1. The zero-order valence-corrected chi connectivity index (χ0v) is 17.8. The van der Waals surface area contributed by atoms with Gasteiger partial charge in [0, 0.05) is 42.8 Å². The quantitative estimate of drug-likeness (QED) is 0.539. The SMILES string of the molecule is COC(C)(Cc1ccc(OCCc2nc(-c3ccc(Cl)cc3)oc2C)nc1)C(=O)O. The second-order valence-corrected chi connectivity index (χ2v) is 7.49. The van der Waals surface area contributed by atoms with Gasteiger partial charge in [-0.3, -0.25) is 0 Å². The zero-order chi connectivity index (χ0) is 21.7. The standard InChI is InChI=1S/C22H23ClN2O5/c1-14-18(25-20(30-14)16-5-7-17(23)8-6-16)10-11-29-19-9-4-15(13-24-19)12-22(2,28-3)21(26)27/h4-9,13H,10-12H2,1-3H3,(H,26,27). The molecule has 7 nitrogen and oxygen atoms in total. The first-order chi connectivity index (χ1) is 14.3. The monoisotopic (exact) mass is 430 g/mol. The van der Waals surface area contributed by atoms with E-state index in [-0.39, 0.29) is 6.42 Å². The van der Waals surface area contributed by atoms with Gasteiger partial charge in [0.15, 0.2) is 5.60 Å². The van der Waals surface area contributed by atoms with Gasteiger partial charge in [0.05, 0.1) is 12.3 Å². The van der Waals surface area contributed by atoms with E-state index in [1.165, 1.54) is 14.0 Å². The maximum absolute atomic E-state index is 11.3. The number of aromatic nitrogens is 2. The van der Waals surface area contributed by atoms with Gasteiger partial charge in [0.25, 0.3) is 0 Å². The molecule has 0 saturated heterocycles. The molecular weight excluding hydrogens is 408 g/mol. The van der Waals surface area contributed by atoms with Crippen LogP contribution in [0.4, 0.5) is 0 Å². The van der Waals surface area contributed by atoms with Crippen molar-refractivity contribution in [1.82, 2.24) is 9.97 Å². The van der Waals surface area contributed by atoms with E-state index < -0.39 is 11.6 Å². The molecule has 1 aromatic carbocycles. The highest BCUT2D eigenvalue weighted by Gasteiger charge is 2.33. The van der Waals surface area contributed by atoms with E-state index in [1.807, 2.05) is 19.1 Å². The van der Waals surface area contributed by atoms with Gasteiger partial charge in [0.1, 0.15) is 5.76 Å². The van der Waals surface area contributed by atoms with E-state index in [2.05, 4.69) is 9.97 Å². The zero-order valence-electron chi connectivity index (χ0n) is 17.0. The molecule has 0 amide bonds. The third-order valence-corrected chi connectivity index (χ3v) is 5.07. The predicted octanol–water partition coefficient (Wildman–Crippen LogP) is 4.35. The summed E-state index contributed by atoms with van der Waals surface area (Å²) in [6.07, 6.45) is 2.36. The maximum Gasteiger partial charge on any atom is 0.336 e. The number of carboxylic acids is 1. The Balaban J connectivity index is 1.57. The Kier molecular flexibility index (Phi) is 6.74. The third kappa shape index (κ3) is 5.17. The van der Waals surface area contributed by atoms with Crippen LogP contribution in [0.1, 0.15) is 23.9 Å². The summed E-state index contributed by atoms with van der Waals surface area (Å²) in [5, 5.41) is 9.95. The molecule has 0 aliphatic carbocycles. The van der Waals surface area contributed by atoms with Crippen LogP contribution in [0.25, 0.3) is 11.5 Å². The van der Waals surface area contributed by atoms with Crippen molar-refractivity contribution in [3.8, 4) is 17.3 Å². The third-order valence-electron chi connectivity index (χ3n) is 4.81. The minimum atomic E-state index is -1.30. The predicted molar refractivity (Wildman–Crippen MR) is 112 cm³/mol. The van der Waals surface area contributed by atoms with Crippen molar-refractivity contribution in [2.24, 2.45) is 0 Å². The van der Waals surface area contributed by atoms with Crippen LogP contribution in [0.2, 0.25) is 5.02 Å². The minimum absolute atomic E-state index is 0.206. The molecule has 0 aliphatic rings. The van der Waals surface area contributed by atoms with Crippen LogP contribution in [0, 0.1) is 6.92 Å². The van der Waals surface area contributed by atoms with Crippen molar-refractivity contribution in [3.63, 3.8) is 0 Å². The van der Waals surface area contributed by atoms with Crippen molar-refractivity contribution >= 4 is 17.6 Å². The number of nitrogens with zero attached hydrogens (tertiary/aromatic N) is 2. The van der Waals surface area contributed by atoms with Gasteiger partial charge in [-0.25, -0.2) is 14.8 Å². The molecule has 3 rings (SSSR count). The largest absolute Gasteiger partial charge is 0.479 e. The molecule has 8 heteroatoms. The molecule has 2 aromatic heterocycles. The normalized spacial score (nSPS) is 13.1. The van der Waals surface area contributed by atoms with E-state index in [4.69, 9.17) is 25.5 Å². The molecule has 0 bridgehead atoms. The van der Waals surface area contributed by atoms with Gasteiger partial charge in [-0.05, 0) is 43.7 Å². The number of carbonyl (C=O) groups is 1.